The van der Waals surface area contributed by atoms with Crippen LogP contribution in [0.15, 0.2) is 53.8 Å². The van der Waals surface area contributed by atoms with E-state index in [1.54, 1.807) is 12.3 Å². The van der Waals surface area contributed by atoms with Gasteiger partial charge >= 0.3 is 0 Å². The van der Waals surface area contributed by atoms with Crippen LogP contribution in [0.4, 0.5) is 0 Å². The van der Waals surface area contributed by atoms with Crippen molar-refractivity contribution in [3.63, 3.8) is 0 Å². The predicted octanol–water partition coefficient (Wildman–Crippen LogP) is 3.34. The van der Waals surface area contributed by atoms with Crippen LogP contribution in [-0.2, 0) is 4.84 Å². The van der Waals surface area contributed by atoms with Crippen molar-refractivity contribution >= 4 is 5.71 Å². The number of aryl methyl sites for hydroxylation is 2. The van der Waals surface area contributed by atoms with Crippen LogP contribution in [0.3, 0.4) is 0 Å². The largest absolute Gasteiger partial charge is 0.382 e. The lowest BCUT2D eigenvalue weighted by Crippen LogP contribution is -2.01. The number of oxime groups is 1. The van der Waals surface area contributed by atoms with Gasteiger partial charge in [-0.1, -0.05) is 23.2 Å². The maximum Gasteiger partial charge on any atom is 0.179 e. The first-order valence-corrected chi connectivity index (χ1v) is 8.48. The number of rotatable bonds is 4. The van der Waals surface area contributed by atoms with Crippen molar-refractivity contribution in [2.75, 3.05) is 6.61 Å². The predicted molar refractivity (Wildman–Crippen MR) is 104 cm³/mol. The summed E-state index contributed by atoms with van der Waals surface area (Å²) in [5, 5.41) is 4.05. The van der Waals surface area contributed by atoms with Gasteiger partial charge in [0.1, 0.15) is 17.1 Å². The van der Waals surface area contributed by atoms with Crippen molar-refractivity contribution in [1.82, 2.24) is 19.9 Å². The number of aromatic nitrogens is 4. The van der Waals surface area contributed by atoms with E-state index in [2.05, 4.69) is 36.9 Å². The molecule has 0 spiro atoms. The highest BCUT2D eigenvalue weighted by Crippen LogP contribution is 2.11. The van der Waals surface area contributed by atoms with E-state index in [1.165, 1.54) is 0 Å². The standard InChI is InChI=1S/C21H19N5O/c1-15-7-4-10-19(23-15)17(3)26-27-14-6-9-18-12-13-22-21(25-18)20-11-5-8-16(2)24-20/h4-5,7-8,10-13H,14H2,1-3H3/b26-17+. The number of pyridine rings is 2. The Morgan fingerprint density at radius 1 is 1.00 bits per heavy atom. The lowest BCUT2D eigenvalue weighted by Gasteiger charge is -2.01. The van der Waals surface area contributed by atoms with E-state index in [0.717, 1.165) is 22.8 Å². The zero-order valence-corrected chi connectivity index (χ0v) is 15.5. The summed E-state index contributed by atoms with van der Waals surface area (Å²) in [7, 11) is 0. The first-order valence-electron chi connectivity index (χ1n) is 8.48. The summed E-state index contributed by atoms with van der Waals surface area (Å²) in [4.78, 5) is 22.8. The molecule has 0 aliphatic rings. The quantitative estimate of drug-likeness (QED) is 0.310. The highest BCUT2D eigenvalue weighted by Gasteiger charge is 2.03. The van der Waals surface area contributed by atoms with Gasteiger partial charge < -0.3 is 4.84 Å². The Morgan fingerprint density at radius 3 is 2.56 bits per heavy atom. The van der Waals surface area contributed by atoms with Crippen LogP contribution in [0.1, 0.15) is 29.7 Å². The molecule has 0 bridgehead atoms. The molecule has 0 fully saturated rings. The number of hydrogen-bond donors (Lipinski definition) is 0. The maximum absolute atomic E-state index is 5.26. The minimum atomic E-state index is 0.158. The summed E-state index contributed by atoms with van der Waals surface area (Å²) in [5.74, 6) is 6.40. The fourth-order valence-electron chi connectivity index (χ4n) is 2.30. The molecule has 3 heterocycles. The van der Waals surface area contributed by atoms with Crippen LogP contribution in [-0.4, -0.2) is 32.3 Å². The molecule has 27 heavy (non-hydrogen) atoms. The lowest BCUT2D eigenvalue weighted by molar-refractivity contribution is 0.179. The SMILES string of the molecule is C/C(=N\OCC#Cc1ccnc(-c2cccc(C)n2)n1)c1cccc(C)n1. The second-order valence-electron chi connectivity index (χ2n) is 5.85. The lowest BCUT2D eigenvalue weighted by atomic mass is 10.2. The van der Waals surface area contributed by atoms with Crippen molar-refractivity contribution in [1.29, 1.82) is 0 Å². The van der Waals surface area contributed by atoms with E-state index in [1.807, 2.05) is 57.2 Å². The molecule has 0 amide bonds. The van der Waals surface area contributed by atoms with Gasteiger partial charge in [0.05, 0.1) is 5.69 Å². The Balaban J connectivity index is 1.63. The number of hydrogen-bond acceptors (Lipinski definition) is 6. The zero-order chi connectivity index (χ0) is 19.1. The molecule has 0 saturated heterocycles. The minimum absolute atomic E-state index is 0.158. The first-order chi connectivity index (χ1) is 13.1. The van der Waals surface area contributed by atoms with Gasteiger partial charge in [0.15, 0.2) is 12.4 Å². The van der Waals surface area contributed by atoms with Gasteiger partial charge in [0, 0.05) is 17.6 Å². The molecule has 6 nitrogen and oxygen atoms in total. The molecule has 0 aromatic carbocycles. The second-order valence-corrected chi connectivity index (χ2v) is 5.85. The van der Waals surface area contributed by atoms with Crippen LogP contribution in [0.25, 0.3) is 11.5 Å². The molecule has 0 atom stereocenters. The molecular weight excluding hydrogens is 338 g/mol. The van der Waals surface area contributed by atoms with E-state index in [0.29, 0.717) is 17.2 Å². The average Bonchev–Trinajstić information content (AvgIpc) is 2.68. The van der Waals surface area contributed by atoms with Gasteiger partial charge in [-0.05, 0) is 57.0 Å². The minimum Gasteiger partial charge on any atom is -0.382 e. The normalized spacial score (nSPS) is 10.9. The van der Waals surface area contributed by atoms with Gasteiger partial charge in [-0.3, -0.25) is 4.98 Å². The molecule has 6 heteroatoms. The maximum atomic E-state index is 5.26. The third-order valence-corrected chi connectivity index (χ3v) is 3.59. The Hall–Kier alpha value is -3.59. The Morgan fingerprint density at radius 2 is 1.78 bits per heavy atom. The van der Waals surface area contributed by atoms with E-state index in [9.17, 15) is 0 Å². The molecule has 0 aliphatic heterocycles. The summed E-state index contributed by atoms with van der Waals surface area (Å²) in [6.07, 6.45) is 1.67. The van der Waals surface area contributed by atoms with Crippen molar-refractivity contribution in [3.8, 4) is 23.4 Å². The van der Waals surface area contributed by atoms with Crippen LogP contribution in [0.5, 0.6) is 0 Å². The van der Waals surface area contributed by atoms with Crippen LogP contribution >= 0.6 is 0 Å². The van der Waals surface area contributed by atoms with Gasteiger partial charge in [-0.2, -0.15) is 0 Å². The fourth-order valence-corrected chi connectivity index (χ4v) is 2.30. The number of nitrogens with zero attached hydrogens (tertiary/aromatic N) is 5. The van der Waals surface area contributed by atoms with Gasteiger partial charge in [0.2, 0.25) is 0 Å². The van der Waals surface area contributed by atoms with Gasteiger partial charge in [-0.25, -0.2) is 15.0 Å². The summed E-state index contributed by atoms with van der Waals surface area (Å²) in [5.41, 5.74) is 4.67. The molecule has 3 aromatic rings. The fraction of sp³-hybridized carbons (Fsp3) is 0.190. The van der Waals surface area contributed by atoms with Crippen LogP contribution < -0.4 is 0 Å². The molecular formula is C21H19N5O. The first kappa shape index (κ1) is 18.2. The highest BCUT2D eigenvalue weighted by atomic mass is 16.6. The molecule has 0 unspecified atom stereocenters. The monoisotopic (exact) mass is 357 g/mol. The van der Waals surface area contributed by atoms with Crippen molar-refractivity contribution in [3.05, 3.63) is 71.4 Å². The Bertz CT molecular complexity index is 1030. The van der Waals surface area contributed by atoms with E-state index >= 15 is 0 Å². The van der Waals surface area contributed by atoms with Crippen molar-refractivity contribution < 1.29 is 4.84 Å². The molecule has 134 valence electrons. The molecule has 0 aliphatic carbocycles. The van der Waals surface area contributed by atoms with E-state index in [-0.39, 0.29) is 6.61 Å². The molecule has 0 radical (unpaired) electrons. The average molecular weight is 357 g/mol. The van der Waals surface area contributed by atoms with E-state index < -0.39 is 0 Å². The van der Waals surface area contributed by atoms with Gasteiger partial charge in [-0.15, -0.1) is 0 Å². The summed E-state index contributed by atoms with van der Waals surface area (Å²) >= 11 is 0. The van der Waals surface area contributed by atoms with Crippen molar-refractivity contribution in [2.24, 2.45) is 5.16 Å². The molecule has 3 rings (SSSR count). The van der Waals surface area contributed by atoms with Crippen LogP contribution in [0, 0.1) is 25.7 Å². The molecule has 0 saturated carbocycles. The summed E-state index contributed by atoms with van der Waals surface area (Å²) < 4.78 is 0. The zero-order valence-electron chi connectivity index (χ0n) is 15.5. The summed E-state index contributed by atoms with van der Waals surface area (Å²) in [6, 6.07) is 13.2. The smallest absolute Gasteiger partial charge is 0.179 e. The third kappa shape index (κ3) is 5.19. The third-order valence-electron chi connectivity index (χ3n) is 3.59. The topological polar surface area (TPSA) is 73.2 Å². The Labute approximate surface area is 158 Å². The molecule has 0 N–H and O–H groups in total. The second kappa shape index (κ2) is 8.68. The molecule has 3 aromatic heterocycles. The van der Waals surface area contributed by atoms with Crippen molar-refractivity contribution in [2.45, 2.75) is 20.8 Å². The summed E-state index contributed by atoms with van der Waals surface area (Å²) in [6.45, 7) is 5.87. The Kier molecular flexibility index (Phi) is 5.85. The van der Waals surface area contributed by atoms with Crippen LogP contribution in [0.2, 0.25) is 0 Å². The van der Waals surface area contributed by atoms with Gasteiger partial charge in [0.25, 0.3) is 0 Å². The highest BCUT2D eigenvalue weighted by molar-refractivity contribution is 5.96. The van der Waals surface area contributed by atoms with E-state index in [4.69, 9.17) is 4.84 Å².